The lowest BCUT2D eigenvalue weighted by Gasteiger charge is -2.33. The van der Waals surface area contributed by atoms with Crippen LogP contribution < -0.4 is 5.32 Å². The van der Waals surface area contributed by atoms with Gasteiger partial charge in [0, 0.05) is 44.1 Å². The van der Waals surface area contributed by atoms with E-state index in [2.05, 4.69) is 42.3 Å². The van der Waals surface area contributed by atoms with Crippen molar-refractivity contribution in [2.24, 2.45) is 0 Å². The third kappa shape index (κ3) is 5.13. The predicted octanol–water partition coefficient (Wildman–Crippen LogP) is 2.71. The van der Waals surface area contributed by atoms with Crippen molar-refractivity contribution in [2.45, 2.75) is 44.8 Å². The van der Waals surface area contributed by atoms with Crippen LogP contribution >= 0.6 is 11.8 Å². The zero-order valence-electron chi connectivity index (χ0n) is 16.1. The fourth-order valence-electron chi connectivity index (χ4n) is 3.51. The van der Waals surface area contributed by atoms with Gasteiger partial charge in [-0.25, -0.2) is 4.98 Å². The average molecular weight is 387 g/mol. The monoisotopic (exact) mass is 386 g/mol. The van der Waals surface area contributed by atoms with Crippen LogP contribution in [0.3, 0.4) is 0 Å². The second-order valence-electron chi connectivity index (χ2n) is 7.09. The van der Waals surface area contributed by atoms with Crippen LogP contribution in [0.5, 0.6) is 0 Å². The number of hydrogen-bond acceptors (Lipinski definition) is 4. The van der Waals surface area contributed by atoms with E-state index in [4.69, 9.17) is 0 Å². The Labute approximate surface area is 164 Å². The summed E-state index contributed by atoms with van der Waals surface area (Å²) in [6.07, 6.45) is 5.53. The third-order valence-corrected chi connectivity index (χ3v) is 5.55. The number of thioether (sulfide) groups is 1. The first-order valence-electron chi connectivity index (χ1n) is 9.22. The molecule has 6 nitrogen and oxygen atoms in total. The van der Waals surface area contributed by atoms with Gasteiger partial charge in [0.15, 0.2) is 5.16 Å². The van der Waals surface area contributed by atoms with Crippen molar-refractivity contribution in [2.75, 3.05) is 18.8 Å². The number of aromatic nitrogens is 2. The van der Waals surface area contributed by atoms with Gasteiger partial charge in [-0.15, -0.1) is 0 Å². The van der Waals surface area contributed by atoms with Crippen LogP contribution in [0.25, 0.3) is 5.69 Å². The van der Waals surface area contributed by atoms with Gasteiger partial charge in [-0.05, 0) is 49.9 Å². The van der Waals surface area contributed by atoms with Crippen molar-refractivity contribution in [1.29, 1.82) is 0 Å². The highest BCUT2D eigenvalue weighted by Gasteiger charge is 2.24. The largest absolute Gasteiger partial charge is 0.352 e. The summed E-state index contributed by atoms with van der Waals surface area (Å²) in [5.41, 5.74) is 3.45. The minimum Gasteiger partial charge on any atom is -0.352 e. The molecule has 1 N–H and O–H groups in total. The Morgan fingerprint density at radius 1 is 1.26 bits per heavy atom. The lowest BCUT2D eigenvalue weighted by molar-refractivity contribution is -0.130. The molecule has 0 spiro atoms. The van der Waals surface area contributed by atoms with E-state index in [1.54, 1.807) is 6.20 Å². The van der Waals surface area contributed by atoms with Crippen LogP contribution in [0, 0.1) is 13.8 Å². The number of nitrogens with zero attached hydrogens (tertiary/aromatic N) is 3. The van der Waals surface area contributed by atoms with Gasteiger partial charge in [0.1, 0.15) is 0 Å². The van der Waals surface area contributed by atoms with E-state index in [1.165, 1.54) is 29.8 Å². The fourth-order valence-corrected chi connectivity index (χ4v) is 4.39. The average Bonchev–Trinajstić information content (AvgIpc) is 3.07. The molecule has 1 aliphatic heterocycles. The zero-order valence-corrected chi connectivity index (χ0v) is 16.9. The van der Waals surface area contributed by atoms with E-state index in [-0.39, 0.29) is 17.9 Å². The smallest absolute Gasteiger partial charge is 0.233 e. The molecular weight excluding hydrogens is 360 g/mol. The number of likely N-dealkylation sites (tertiary alicyclic amines) is 1. The van der Waals surface area contributed by atoms with Crippen molar-refractivity contribution in [3.05, 3.63) is 41.7 Å². The number of imidazole rings is 1. The van der Waals surface area contributed by atoms with Crippen molar-refractivity contribution in [1.82, 2.24) is 19.8 Å². The number of nitrogens with one attached hydrogen (secondary N) is 1. The van der Waals surface area contributed by atoms with Crippen molar-refractivity contribution in [3.8, 4) is 5.69 Å². The Kier molecular flexibility index (Phi) is 6.21. The number of hydrogen-bond donors (Lipinski definition) is 1. The van der Waals surface area contributed by atoms with Crippen molar-refractivity contribution >= 4 is 23.6 Å². The summed E-state index contributed by atoms with van der Waals surface area (Å²) < 4.78 is 2.02. The molecule has 1 aromatic carbocycles. The van der Waals surface area contributed by atoms with E-state index in [0.717, 1.165) is 30.2 Å². The normalized spacial score (nSPS) is 17.0. The van der Waals surface area contributed by atoms with Gasteiger partial charge in [0.05, 0.1) is 5.75 Å². The second-order valence-corrected chi connectivity index (χ2v) is 8.04. The lowest BCUT2D eigenvalue weighted by Crippen LogP contribution is -2.49. The molecule has 1 unspecified atom stereocenters. The molecule has 0 radical (unpaired) electrons. The molecule has 2 heterocycles. The van der Waals surface area contributed by atoms with Crippen LogP contribution in [0.15, 0.2) is 35.7 Å². The third-order valence-electron chi connectivity index (χ3n) is 4.60. The Morgan fingerprint density at radius 3 is 2.70 bits per heavy atom. The molecule has 1 aromatic heterocycles. The molecule has 2 amide bonds. The number of carbonyl (C=O) groups excluding carboxylic acids is 2. The maximum absolute atomic E-state index is 12.6. The van der Waals surface area contributed by atoms with Crippen LogP contribution in [-0.4, -0.2) is 51.1 Å². The van der Waals surface area contributed by atoms with Gasteiger partial charge in [0.2, 0.25) is 11.8 Å². The molecule has 0 saturated carbocycles. The van der Waals surface area contributed by atoms with Crippen LogP contribution in [-0.2, 0) is 9.59 Å². The highest BCUT2D eigenvalue weighted by Crippen LogP contribution is 2.23. The van der Waals surface area contributed by atoms with Crippen LogP contribution in [0.1, 0.15) is 30.9 Å². The Balaban J connectivity index is 1.63. The second kappa shape index (κ2) is 8.61. The van der Waals surface area contributed by atoms with Gasteiger partial charge in [0.25, 0.3) is 0 Å². The van der Waals surface area contributed by atoms with E-state index in [1.807, 2.05) is 15.7 Å². The first-order chi connectivity index (χ1) is 12.9. The number of aryl methyl sites for hydroxylation is 2. The van der Waals surface area contributed by atoms with Gasteiger partial charge in [-0.2, -0.15) is 0 Å². The molecule has 1 fully saturated rings. The molecule has 1 saturated heterocycles. The molecular formula is C20H26N4O2S. The predicted molar refractivity (Wildman–Crippen MR) is 107 cm³/mol. The lowest BCUT2D eigenvalue weighted by atomic mass is 10.1. The SMILES string of the molecule is CC(=O)NC1CCCN(C(=O)CSc2nccn2-c2cc(C)cc(C)c2)C1. The summed E-state index contributed by atoms with van der Waals surface area (Å²) in [6, 6.07) is 6.42. The highest BCUT2D eigenvalue weighted by molar-refractivity contribution is 7.99. The summed E-state index contributed by atoms with van der Waals surface area (Å²) >= 11 is 1.45. The van der Waals surface area contributed by atoms with Gasteiger partial charge in [-0.1, -0.05) is 17.8 Å². The molecule has 2 aromatic rings. The summed E-state index contributed by atoms with van der Waals surface area (Å²) in [6.45, 7) is 7.01. The minimum absolute atomic E-state index is 0.0425. The molecule has 27 heavy (non-hydrogen) atoms. The molecule has 7 heteroatoms. The minimum atomic E-state index is -0.0425. The number of benzene rings is 1. The Morgan fingerprint density at radius 2 is 2.00 bits per heavy atom. The van der Waals surface area contributed by atoms with Gasteiger partial charge >= 0.3 is 0 Å². The van der Waals surface area contributed by atoms with E-state index >= 15 is 0 Å². The number of carbonyl (C=O) groups is 2. The topological polar surface area (TPSA) is 67.2 Å². The molecule has 1 aliphatic rings. The molecule has 3 rings (SSSR count). The molecule has 0 bridgehead atoms. The van der Waals surface area contributed by atoms with E-state index < -0.39 is 0 Å². The van der Waals surface area contributed by atoms with Gasteiger partial charge in [-0.3, -0.25) is 14.2 Å². The first-order valence-corrected chi connectivity index (χ1v) is 10.2. The Hall–Kier alpha value is -2.28. The summed E-state index contributed by atoms with van der Waals surface area (Å²) in [5, 5.41) is 3.73. The van der Waals surface area contributed by atoms with E-state index in [0.29, 0.717) is 12.3 Å². The zero-order chi connectivity index (χ0) is 19.4. The summed E-state index contributed by atoms with van der Waals surface area (Å²) in [5.74, 6) is 0.387. The number of piperidine rings is 1. The van der Waals surface area contributed by atoms with Gasteiger partial charge < -0.3 is 10.2 Å². The maximum atomic E-state index is 12.6. The fraction of sp³-hybridized carbons (Fsp3) is 0.450. The molecule has 0 aliphatic carbocycles. The van der Waals surface area contributed by atoms with Crippen molar-refractivity contribution in [3.63, 3.8) is 0 Å². The maximum Gasteiger partial charge on any atom is 0.233 e. The highest BCUT2D eigenvalue weighted by atomic mass is 32.2. The van der Waals surface area contributed by atoms with Crippen LogP contribution in [0.4, 0.5) is 0 Å². The molecule has 1 atom stereocenters. The first kappa shape index (κ1) is 19.5. The van der Waals surface area contributed by atoms with Crippen LogP contribution in [0.2, 0.25) is 0 Å². The number of amides is 2. The Bertz CT molecular complexity index is 813. The number of rotatable bonds is 5. The summed E-state index contributed by atoms with van der Waals surface area (Å²) in [4.78, 5) is 30.2. The molecule has 144 valence electrons. The van der Waals surface area contributed by atoms with Crippen molar-refractivity contribution < 1.29 is 9.59 Å². The van der Waals surface area contributed by atoms with E-state index in [9.17, 15) is 9.59 Å². The summed E-state index contributed by atoms with van der Waals surface area (Å²) in [7, 11) is 0. The quantitative estimate of drug-likeness (QED) is 0.803. The standard InChI is InChI=1S/C20H26N4O2S/c1-14-9-15(2)11-18(10-14)24-8-6-21-20(24)27-13-19(26)23-7-4-5-17(12-23)22-16(3)25/h6,8-11,17H,4-5,7,12-13H2,1-3H3,(H,22,25).